The number of rotatable bonds is 2. The molecule has 6 nitrogen and oxygen atoms in total. The molecule has 3 rings (SSSR count). The van der Waals surface area contributed by atoms with Gasteiger partial charge in [-0.05, 0) is 44.0 Å². The number of nitrogens with zero attached hydrogens (tertiary/aromatic N) is 3. The number of likely N-dealkylation sites (N-methyl/N-ethyl adjacent to an activating group) is 1. The Hall–Kier alpha value is -2.50. The molecule has 2 aromatic rings. The number of nitrogens with one attached hydrogen (secondary N) is 2. The van der Waals surface area contributed by atoms with Crippen molar-refractivity contribution in [3.8, 4) is 0 Å². The number of imidazole rings is 1. The monoisotopic (exact) mass is 299 g/mol. The van der Waals surface area contributed by atoms with Crippen molar-refractivity contribution in [3.05, 3.63) is 35.0 Å². The van der Waals surface area contributed by atoms with Gasteiger partial charge in [0.25, 0.3) is 5.91 Å². The summed E-state index contributed by atoms with van der Waals surface area (Å²) in [6, 6.07) is 4.16. The van der Waals surface area contributed by atoms with Gasteiger partial charge in [-0.1, -0.05) is 0 Å². The highest BCUT2D eigenvalue weighted by Crippen LogP contribution is 2.22. The summed E-state index contributed by atoms with van der Waals surface area (Å²) in [5, 5.41) is 3.29. The van der Waals surface area contributed by atoms with E-state index in [0.29, 0.717) is 5.95 Å². The van der Waals surface area contributed by atoms with Gasteiger partial charge in [-0.2, -0.15) is 0 Å². The van der Waals surface area contributed by atoms with Crippen LogP contribution in [0.4, 0.5) is 5.95 Å². The Morgan fingerprint density at radius 3 is 2.55 bits per heavy atom. The molecular weight excluding hydrogens is 278 g/mol. The van der Waals surface area contributed by atoms with Crippen LogP contribution in [-0.2, 0) is 4.79 Å². The van der Waals surface area contributed by atoms with Crippen LogP contribution in [0.5, 0.6) is 0 Å². The standard InChI is InChI=1S/C16H21N5O/c1-9-6-12-13(7-10(9)2)18-15(17-12)19-16-20(4)11(3)8-14(22)21(16)5/h6-8,16H,1-5H3,(H2,17,18,19). The fraction of sp³-hybridized carbons (Fsp3) is 0.375. The molecule has 1 unspecified atom stereocenters. The molecule has 0 bridgehead atoms. The fourth-order valence-electron chi connectivity index (χ4n) is 2.61. The first-order valence-corrected chi connectivity index (χ1v) is 7.28. The van der Waals surface area contributed by atoms with Gasteiger partial charge in [0.05, 0.1) is 11.0 Å². The topological polar surface area (TPSA) is 64.3 Å². The summed E-state index contributed by atoms with van der Waals surface area (Å²) in [6.07, 6.45) is 1.36. The number of aromatic nitrogens is 2. The summed E-state index contributed by atoms with van der Waals surface area (Å²) in [7, 11) is 3.72. The lowest BCUT2D eigenvalue weighted by atomic mass is 10.1. The second-order valence-electron chi connectivity index (χ2n) is 5.90. The quantitative estimate of drug-likeness (QED) is 0.892. The highest BCUT2D eigenvalue weighted by atomic mass is 16.2. The number of carbonyl (C=O) groups is 1. The zero-order valence-electron chi connectivity index (χ0n) is 13.6. The number of anilines is 1. The van der Waals surface area contributed by atoms with E-state index in [-0.39, 0.29) is 12.2 Å². The zero-order chi connectivity index (χ0) is 16.0. The number of carbonyl (C=O) groups excluding carboxylic acids is 1. The first-order valence-electron chi connectivity index (χ1n) is 7.28. The first kappa shape index (κ1) is 14.4. The van der Waals surface area contributed by atoms with Crippen molar-refractivity contribution < 1.29 is 4.79 Å². The molecule has 2 heterocycles. The van der Waals surface area contributed by atoms with Gasteiger partial charge in [-0.15, -0.1) is 0 Å². The number of H-pyrrole nitrogens is 1. The molecule has 1 aliphatic rings. The average molecular weight is 299 g/mol. The number of benzene rings is 1. The van der Waals surface area contributed by atoms with E-state index in [1.54, 1.807) is 18.0 Å². The summed E-state index contributed by atoms with van der Waals surface area (Å²) in [6.45, 7) is 6.08. The number of allylic oxidation sites excluding steroid dienone is 1. The summed E-state index contributed by atoms with van der Waals surface area (Å²) in [5.74, 6) is 0.641. The third kappa shape index (κ3) is 2.30. The van der Waals surface area contributed by atoms with Gasteiger partial charge >= 0.3 is 0 Å². The predicted molar refractivity (Wildman–Crippen MR) is 87.3 cm³/mol. The average Bonchev–Trinajstić information content (AvgIpc) is 2.83. The minimum absolute atomic E-state index is 0.0177. The fourth-order valence-corrected chi connectivity index (χ4v) is 2.61. The number of amides is 1. The van der Waals surface area contributed by atoms with Crippen molar-refractivity contribution in [2.45, 2.75) is 27.1 Å². The van der Waals surface area contributed by atoms with E-state index in [9.17, 15) is 4.79 Å². The number of fused-ring (bicyclic) bond motifs is 1. The van der Waals surface area contributed by atoms with Crippen molar-refractivity contribution in [2.24, 2.45) is 0 Å². The van der Waals surface area contributed by atoms with Crippen LogP contribution >= 0.6 is 0 Å². The van der Waals surface area contributed by atoms with E-state index >= 15 is 0 Å². The van der Waals surface area contributed by atoms with Gasteiger partial charge < -0.3 is 20.1 Å². The maximum absolute atomic E-state index is 12.0. The lowest BCUT2D eigenvalue weighted by Gasteiger charge is -2.40. The number of aryl methyl sites for hydroxylation is 2. The van der Waals surface area contributed by atoms with Crippen LogP contribution in [0.15, 0.2) is 23.9 Å². The van der Waals surface area contributed by atoms with Crippen LogP contribution in [0, 0.1) is 13.8 Å². The van der Waals surface area contributed by atoms with E-state index in [0.717, 1.165) is 16.7 Å². The number of hydrogen-bond donors (Lipinski definition) is 2. The SMILES string of the molecule is CC1=CC(=O)N(C)C(Nc2nc3cc(C)c(C)cc3[nH]2)N1C. The Balaban J connectivity index is 1.92. The molecule has 22 heavy (non-hydrogen) atoms. The normalized spacial score (nSPS) is 18.9. The third-order valence-electron chi connectivity index (χ3n) is 4.33. The Morgan fingerprint density at radius 2 is 1.82 bits per heavy atom. The van der Waals surface area contributed by atoms with Crippen molar-refractivity contribution >= 4 is 22.9 Å². The molecule has 1 amide bonds. The molecule has 1 aliphatic heterocycles. The lowest BCUT2D eigenvalue weighted by molar-refractivity contribution is -0.130. The Labute approximate surface area is 129 Å². The summed E-state index contributed by atoms with van der Waals surface area (Å²) in [5.41, 5.74) is 5.27. The molecule has 0 spiro atoms. The van der Waals surface area contributed by atoms with Gasteiger partial charge in [0.1, 0.15) is 0 Å². The van der Waals surface area contributed by atoms with Crippen LogP contribution in [0.2, 0.25) is 0 Å². The maximum Gasteiger partial charge on any atom is 0.251 e. The molecule has 2 N–H and O–H groups in total. The van der Waals surface area contributed by atoms with Gasteiger partial charge in [0.15, 0.2) is 6.29 Å². The lowest BCUT2D eigenvalue weighted by Crippen LogP contribution is -2.54. The Morgan fingerprint density at radius 1 is 1.14 bits per heavy atom. The van der Waals surface area contributed by atoms with Crippen molar-refractivity contribution in [2.75, 3.05) is 19.4 Å². The summed E-state index contributed by atoms with van der Waals surface area (Å²) >= 11 is 0. The molecule has 1 aromatic heterocycles. The maximum atomic E-state index is 12.0. The van der Waals surface area contributed by atoms with E-state index in [1.165, 1.54) is 11.1 Å². The van der Waals surface area contributed by atoms with Crippen LogP contribution in [0.3, 0.4) is 0 Å². The minimum Gasteiger partial charge on any atom is -0.341 e. The van der Waals surface area contributed by atoms with E-state index in [2.05, 4.69) is 41.3 Å². The van der Waals surface area contributed by atoms with E-state index in [4.69, 9.17) is 0 Å². The second kappa shape index (κ2) is 5.05. The van der Waals surface area contributed by atoms with E-state index < -0.39 is 0 Å². The van der Waals surface area contributed by atoms with Crippen LogP contribution in [0.1, 0.15) is 18.1 Å². The molecule has 0 radical (unpaired) electrons. The van der Waals surface area contributed by atoms with Crippen LogP contribution in [0.25, 0.3) is 11.0 Å². The summed E-state index contributed by atoms with van der Waals surface area (Å²) in [4.78, 5) is 23.5. The van der Waals surface area contributed by atoms with Gasteiger partial charge in [0.2, 0.25) is 5.95 Å². The van der Waals surface area contributed by atoms with Crippen molar-refractivity contribution in [1.82, 2.24) is 19.8 Å². The number of aromatic amines is 1. The third-order valence-corrected chi connectivity index (χ3v) is 4.33. The smallest absolute Gasteiger partial charge is 0.251 e. The minimum atomic E-state index is -0.264. The van der Waals surface area contributed by atoms with Crippen molar-refractivity contribution in [3.63, 3.8) is 0 Å². The second-order valence-corrected chi connectivity index (χ2v) is 5.90. The van der Waals surface area contributed by atoms with Gasteiger partial charge in [-0.25, -0.2) is 4.98 Å². The molecule has 116 valence electrons. The molecule has 6 heteroatoms. The highest BCUT2D eigenvalue weighted by molar-refractivity contribution is 5.89. The van der Waals surface area contributed by atoms with Crippen LogP contribution < -0.4 is 5.32 Å². The molecule has 0 saturated carbocycles. The first-order chi connectivity index (χ1) is 10.4. The van der Waals surface area contributed by atoms with Gasteiger partial charge in [-0.3, -0.25) is 4.79 Å². The molecule has 1 atom stereocenters. The van der Waals surface area contributed by atoms with Crippen LogP contribution in [-0.4, -0.2) is 46.1 Å². The Kier molecular flexibility index (Phi) is 3.31. The zero-order valence-corrected chi connectivity index (χ0v) is 13.6. The molecule has 0 fully saturated rings. The molecule has 0 saturated heterocycles. The molecule has 1 aromatic carbocycles. The summed E-state index contributed by atoms with van der Waals surface area (Å²) < 4.78 is 0. The largest absolute Gasteiger partial charge is 0.341 e. The number of hydrogen-bond acceptors (Lipinski definition) is 4. The molecular formula is C16H21N5O. The highest BCUT2D eigenvalue weighted by Gasteiger charge is 2.28. The van der Waals surface area contributed by atoms with Gasteiger partial charge in [0, 0.05) is 25.9 Å². The van der Waals surface area contributed by atoms with E-state index in [1.807, 2.05) is 18.9 Å². The predicted octanol–water partition coefficient (Wildman–Crippen LogP) is 2.18. The Bertz CT molecular complexity index is 737. The molecule has 0 aliphatic carbocycles. The van der Waals surface area contributed by atoms with Crippen molar-refractivity contribution in [1.29, 1.82) is 0 Å².